The van der Waals surface area contributed by atoms with E-state index in [2.05, 4.69) is 12.1 Å². The molecule has 1 aromatic rings. The molecule has 0 fully saturated rings. The van der Waals surface area contributed by atoms with E-state index in [1.54, 1.807) is 0 Å². The molecule has 74 valence electrons. The molecule has 3 heteroatoms. The van der Waals surface area contributed by atoms with Crippen LogP contribution in [0.4, 0.5) is 8.50 Å². The van der Waals surface area contributed by atoms with Gasteiger partial charge in [0.25, 0.3) is 0 Å². The van der Waals surface area contributed by atoms with E-state index in [4.69, 9.17) is 0 Å². The summed E-state index contributed by atoms with van der Waals surface area (Å²) >= 11 is 0. The zero-order chi connectivity index (χ0) is 10.3. The summed E-state index contributed by atoms with van der Waals surface area (Å²) in [6.07, 6.45) is 0.549. The Labute approximate surface area is 81.6 Å². The second kappa shape index (κ2) is 6.77. The van der Waals surface area contributed by atoms with Gasteiger partial charge in [0.15, 0.2) is 0 Å². The van der Waals surface area contributed by atoms with Crippen molar-refractivity contribution < 1.29 is 8.50 Å². The maximum absolute atomic E-state index is 12.0. The van der Waals surface area contributed by atoms with Gasteiger partial charge in [0.05, 0.1) is 6.67 Å². The molecule has 0 spiro atoms. The maximum atomic E-state index is 12.0. The number of rotatable bonds is 2. The molecule has 0 nitrogen and oxygen atoms in total. The highest BCUT2D eigenvalue weighted by molar-refractivity contribution is 5.96. The molecule has 13 heavy (non-hydrogen) atoms. The normalized spacial score (nSPS) is 9.23. The Morgan fingerprint density at radius 3 is 2.38 bits per heavy atom. The molecule has 0 saturated heterocycles. The van der Waals surface area contributed by atoms with Crippen LogP contribution in [0, 0.1) is 13.8 Å². The van der Waals surface area contributed by atoms with E-state index in [0.717, 1.165) is 5.56 Å². The van der Waals surface area contributed by atoms with Gasteiger partial charge in [-0.2, -0.15) is 0 Å². The summed E-state index contributed by atoms with van der Waals surface area (Å²) in [4.78, 5) is 0. The van der Waals surface area contributed by atoms with Crippen molar-refractivity contribution in [1.29, 1.82) is 0 Å². The van der Waals surface area contributed by atoms with Crippen LogP contribution in [0.5, 0.6) is 0 Å². The minimum absolute atomic E-state index is 0.194. The molecular formula is C10H16F2Si. The second-order valence-electron chi connectivity index (χ2n) is 2.87. The van der Waals surface area contributed by atoms with Gasteiger partial charge in [0.2, 0.25) is 10.6 Å². The van der Waals surface area contributed by atoms with E-state index in [9.17, 15) is 8.50 Å². The number of aryl methyl sites for hydroxylation is 3. The number of hydrogen-bond donors (Lipinski definition) is 0. The summed E-state index contributed by atoms with van der Waals surface area (Å²) in [5.74, 6) is 0. The van der Waals surface area contributed by atoms with E-state index >= 15 is 0 Å². The first-order valence-corrected chi connectivity index (χ1v) is 4.99. The van der Waals surface area contributed by atoms with Crippen molar-refractivity contribution in [3.05, 3.63) is 34.9 Å². The van der Waals surface area contributed by atoms with Crippen LogP contribution in [0.2, 0.25) is 0 Å². The van der Waals surface area contributed by atoms with E-state index in [1.165, 1.54) is 11.1 Å². The van der Waals surface area contributed by atoms with Gasteiger partial charge < -0.3 is 4.11 Å². The Bertz CT molecular complexity index is 249. The molecule has 1 rings (SSSR count). The number of benzene rings is 1. The highest BCUT2D eigenvalue weighted by atomic mass is 28.2. The van der Waals surface area contributed by atoms with Crippen LogP contribution >= 0.6 is 0 Å². The first-order valence-electron chi connectivity index (χ1n) is 4.24. The molecule has 0 bridgehead atoms. The molecule has 0 saturated carbocycles. The second-order valence-corrected chi connectivity index (χ2v) is 2.87. The topological polar surface area (TPSA) is 0 Å². The van der Waals surface area contributed by atoms with Crippen LogP contribution in [0.3, 0.4) is 0 Å². The Hall–Kier alpha value is -0.703. The molecular weight excluding hydrogens is 186 g/mol. The molecule has 0 unspecified atom stereocenters. The largest absolute Gasteiger partial charge is 0.327 e. The van der Waals surface area contributed by atoms with E-state index in [-0.39, 0.29) is 17.3 Å². The van der Waals surface area contributed by atoms with Gasteiger partial charge in [-0.25, -0.2) is 0 Å². The number of halogens is 2. The fraction of sp³-hybridized carbons (Fsp3) is 0.400. The first kappa shape index (κ1) is 12.3. The van der Waals surface area contributed by atoms with Gasteiger partial charge in [-0.3, -0.25) is 4.39 Å². The SMILES string of the molecule is Cc1ccc(C)c(CCF)c1.F[SiH3]. The lowest BCUT2D eigenvalue weighted by molar-refractivity contribution is 0.494. The van der Waals surface area contributed by atoms with Crippen molar-refractivity contribution in [2.24, 2.45) is 0 Å². The summed E-state index contributed by atoms with van der Waals surface area (Å²) < 4.78 is 21.6. The molecule has 0 aliphatic rings. The van der Waals surface area contributed by atoms with Gasteiger partial charge in [-0.05, 0) is 25.0 Å². The molecule has 0 aromatic heterocycles. The van der Waals surface area contributed by atoms with E-state index < -0.39 is 0 Å². The molecule has 0 atom stereocenters. The van der Waals surface area contributed by atoms with Gasteiger partial charge in [-0.15, -0.1) is 0 Å². The third-order valence-electron chi connectivity index (χ3n) is 1.87. The van der Waals surface area contributed by atoms with Crippen LogP contribution in [0.15, 0.2) is 18.2 Å². The lowest BCUT2D eigenvalue weighted by Crippen LogP contribution is -1.91. The van der Waals surface area contributed by atoms with Crippen molar-refractivity contribution in [1.82, 2.24) is 0 Å². The van der Waals surface area contributed by atoms with E-state index in [1.807, 2.05) is 19.9 Å². The highest BCUT2D eigenvalue weighted by Gasteiger charge is 1.96. The quantitative estimate of drug-likeness (QED) is 0.508. The molecule has 0 heterocycles. The molecule has 0 radical (unpaired) electrons. The lowest BCUT2D eigenvalue weighted by atomic mass is 10.0. The van der Waals surface area contributed by atoms with Crippen molar-refractivity contribution in [2.45, 2.75) is 20.3 Å². The summed E-state index contributed by atoms with van der Waals surface area (Å²) in [6, 6.07) is 6.15. The summed E-state index contributed by atoms with van der Waals surface area (Å²) in [5, 5.41) is 0. The average Bonchev–Trinajstić information content (AvgIpc) is 2.15. The third-order valence-corrected chi connectivity index (χ3v) is 1.87. The maximum Gasteiger partial charge on any atom is 0.201 e. The Morgan fingerprint density at radius 2 is 1.85 bits per heavy atom. The molecule has 0 amide bonds. The summed E-state index contributed by atoms with van der Waals surface area (Å²) in [7, 11) is -0.194. The minimum atomic E-state index is -0.260. The Kier molecular flexibility index (Phi) is 6.41. The van der Waals surface area contributed by atoms with Crippen LogP contribution < -0.4 is 0 Å². The van der Waals surface area contributed by atoms with Gasteiger partial charge in [0, 0.05) is 6.42 Å². The fourth-order valence-corrected chi connectivity index (χ4v) is 1.17. The first-order chi connectivity index (χ1) is 6.24. The predicted molar refractivity (Wildman–Crippen MR) is 56.6 cm³/mol. The van der Waals surface area contributed by atoms with Crippen molar-refractivity contribution in [3.63, 3.8) is 0 Å². The Morgan fingerprint density at radius 1 is 1.23 bits per heavy atom. The number of hydrogen-bond acceptors (Lipinski definition) is 0. The van der Waals surface area contributed by atoms with Crippen LogP contribution in [0.25, 0.3) is 0 Å². The van der Waals surface area contributed by atoms with Gasteiger partial charge in [-0.1, -0.05) is 23.8 Å². The summed E-state index contributed by atoms with van der Waals surface area (Å²) in [5.41, 5.74) is 3.53. The zero-order valence-corrected chi connectivity index (χ0v) is 10.4. The van der Waals surface area contributed by atoms with Crippen molar-refractivity contribution >= 4 is 10.6 Å². The summed E-state index contributed by atoms with van der Waals surface area (Å²) in [6.45, 7) is 3.79. The smallest absolute Gasteiger partial charge is 0.201 e. The molecule has 1 aromatic carbocycles. The molecule has 0 aliphatic heterocycles. The molecule has 0 aliphatic carbocycles. The average molecular weight is 202 g/mol. The predicted octanol–water partition coefficient (Wildman–Crippen LogP) is 2.05. The van der Waals surface area contributed by atoms with Gasteiger partial charge >= 0.3 is 0 Å². The Balaban J connectivity index is 0.000000671. The van der Waals surface area contributed by atoms with Crippen LogP contribution in [-0.2, 0) is 6.42 Å². The fourth-order valence-electron chi connectivity index (χ4n) is 1.17. The van der Waals surface area contributed by atoms with Crippen LogP contribution in [-0.4, -0.2) is 17.3 Å². The van der Waals surface area contributed by atoms with Crippen molar-refractivity contribution in [3.8, 4) is 0 Å². The zero-order valence-electron chi connectivity index (χ0n) is 8.40. The monoisotopic (exact) mass is 202 g/mol. The van der Waals surface area contributed by atoms with Gasteiger partial charge in [0.1, 0.15) is 0 Å². The highest BCUT2D eigenvalue weighted by Crippen LogP contribution is 2.10. The minimum Gasteiger partial charge on any atom is -0.327 e. The number of alkyl halides is 1. The van der Waals surface area contributed by atoms with Crippen molar-refractivity contribution in [2.75, 3.05) is 6.67 Å². The standard InChI is InChI=1S/C10H13F.FH3Si/c1-8-3-4-9(2)10(7-8)5-6-11;1-2/h3-4,7H,5-6H2,1-2H3;2H3. The lowest BCUT2D eigenvalue weighted by Gasteiger charge is -2.03. The van der Waals surface area contributed by atoms with E-state index in [0.29, 0.717) is 6.42 Å². The third kappa shape index (κ3) is 4.17. The molecule has 0 N–H and O–H groups in total. The van der Waals surface area contributed by atoms with Crippen LogP contribution in [0.1, 0.15) is 16.7 Å².